The molecule has 3 aliphatic heterocycles. The van der Waals surface area contributed by atoms with Crippen LogP contribution in [0, 0.1) is 18.8 Å². The van der Waals surface area contributed by atoms with Gasteiger partial charge in [0.15, 0.2) is 5.96 Å². The Morgan fingerprint density at radius 1 is 1.06 bits per heavy atom. The fourth-order valence-electron chi connectivity index (χ4n) is 5.41. The van der Waals surface area contributed by atoms with E-state index in [1.807, 2.05) is 7.05 Å². The Labute approximate surface area is 206 Å². The summed E-state index contributed by atoms with van der Waals surface area (Å²) >= 11 is 0. The van der Waals surface area contributed by atoms with Gasteiger partial charge in [-0.2, -0.15) is 0 Å². The fraction of sp³-hybridized carbons (Fsp3) is 0.720. The first kappa shape index (κ1) is 24.8. The van der Waals surface area contributed by atoms with E-state index in [4.69, 9.17) is 4.74 Å². The number of rotatable bonds is 5. The van der Waals surface area contributed by atoms with E-state index in [1.54, 1.807) is 0 Å². The maximum Gasteiger partial charge on any atom is 0.193 e. The highest BCUT2D eigenvalue weighted by Crippen LogP contribution is 2.33. The molecule has 1 aromatic carbocycles. The second kappa shape index (κ2) is 12.4. The first-order chi connectivity index (χ1) is 14.7. The third-order valence-electron chi connectivity index (χ3n) is 7.14. The summed E-state index contributed by atoms with van der Waals surface area (Å²) in [4.78, 5) is 9.77. The highest BCUT2D eigenvalue weighted by atomic mass is 127. The summed E-state index contributed by atoms with van der Waals surface area (Å²) in [5.74, 6) is 2.34. The van der Waals surface area contributed by atoms with E-state index in [0.717, 1.165) is 44.5 Å². The van der Waals surface area contributed by atoms with Gasteiger partial charge in [-0.3, -0.25) is 4.99 Å². The third kappa shape index (κ3) is 6.81. The van der Waals surface area contributed by atoms with Crippen LogP contribution in [0.1, 0.15) is 55.8 Å². The van der Waals surface area contributed by atoms with E-state index < -0.39 is 0 Å². The van der Waals surface area contributed by atoms with Crippen LogP contribution >= 0.6 is 24.0 Å². The van der Waals surface area contributed by atoms with Crippen LogP contribution in [0.5, 0.6) is 0 Å². The lowest BCUT2D eigenvalue weighted by molar-refractivity contribution is -0.0266. The number of piperidine rings is 1. The van der Waals surface area contributed by atoms with Crippen LogP contribution in [-0.4, -0.2) is 68.7 Å². The van der Waals surface area contributed by atoms with E-state index in [1.165, 1.54) is 62.9 Å². The molecule has 1 aromatic rings. The minimum absolute atomic E-state index is 0. The number of aryl methyl sites for hydroxylation is 1. The Hall–Kier alpha value is -0.860. The van der Waals surface area contributed by atoms with Gasteiger partial charge in [0.05, 0.1) is 6.10 Å². The van der Waals surface area contributed by atoms with Gasteiger partial charge in [-0.1, -0.05) is 36.2 Å². The predicted octanol–water partition coefficient (Wildman–Crippen LogP) is 4.46. The molecule has 0 bridgehead atoms. The maximum atomic E-state index is 6.21. The standard InChI is InChI=1S/C25H40N4O.HI/c1-20-8-10-22(11-9-20)24-23(7-6-16-30-24)17-27-25(26-2)29-15-12-21(19-29)18-28-13-4-3-5-14-28;/h8-11,21,23-24H,3-7,12-19H2,1-2H3,(H,26,27);1H. The lowest BCUT2D eigenvalue weighted by atomic mass is 9.89. The first-order valence-corrected chi connectivity index (χ1v) is 12.1. The van der Waals surface area contributed by atoms with Crippen LogP contribution in [-0.2, 0) is 4.74 Å². The average Bonchev–Trinajstić information content (AvgIpc) is 3.24. The van der Waals surface area contributed by atoms with Gasteiger partial charge in [-0.05, 0) is 63.6 Å². The molecule has 3 atom stereocenters. The molecule has 0 radical (unpaired) electrons. The van der Waals surface area contributed by atoms with Crippen molar-refractivity contribution in [2.75, 3.05) is 52.9 Å². The molecule has 0 aromatic heterocycles. The molecule has 3 heterocycles. The van der Waals surface area contributed by atoms with Crippen LogP contribution in [0.3, 0.4) is 0 Å². The van der Waals surface area contributed by atoms with Crippen molar-refractivity contribution in [3.8, 4) is 0 Å². The number of nitrogens with zero attached hydrogens (tertiary/aromatic N) is 3. The molecule has 5 nitrogen and oxygen atoms in total. The van der Waals surface area contributed by atoms with Gasteiger partial charge in [-0.25, -0.2) is 0 Å². The molecule has 0 aliphatic carbocycles. The highest BCUT2D eigenvalue weighted by Gasteiger charge is 2.30. The largest absolute Gasteiger partial charge is 0.373 e. The molecular weight excluding hydrogens is 499 g/mol. The van der Waals surface area contributed by atoms with E-state index in [0.29, 0.717) is 5.92 Å². The first-order valence-electron chi connectivity index (χ1n) is 12.1. The Bertz CT molecular complexity index is 689. The molecule has 31 heavy (non-hydrogen) atoms. The number of halogens is 1. The van der Waals surface area contributed by atoms with Crippen molar-refractivity contribution in [3.05, 3.63) is 35.4 Å². The summed E-state index contributed by atoms with van der Waals surface area (Å²) in [5.41, 5.74) is 2.61. The van der Waals surface area contributed by atoms with Gasteiger partial charge in [0.2, 0.25) is 0 Å². The quantitative estimate of drug-likeness (QED) is 0.340. The number of ether oxygens (including phenoxy) is 1. The maximum absolute atomic E-state index is 6.21. The number of hydrogen-bond donors (Lipinski definition) is 1. The molecule has 0 spiro atoms. The highest BCUT2D eigenvalue weighted by molar-refractivity contribution is 14.0. The Kier molecular flexibility index (Phi) is 9.91. The lowest BCUT2D eigenvalue weighted by Gasteiger charge is -2.33. The molecule has 1 N–H and O–H groups in total. The van der Waals surface area contributed by atoms with Crippen LogP contribution in [0.2, 0.25) is 0 Å². The molecule has 3 fully saturated rings. The molecule has 3 aliphatic rings. The van der Waals surface area contributed by atoms with Crippen molar-refractivity contribution >= 4 is 29.9 Å². The number of likely N-dealkylation sites (tertiary alicyclic amines) is 2. The van der Waals surface area contributed by atoms with Gasteiger partial charge < -0.3 is 19.9 Å². The SMILES string of the molecule is CN=C(NCC1CCCOC1c1ccc(C)cc1)N1CCC(CN2CCCCC2)C1.I. The minimum atomic E-state index is 0. The van der Waals surface area contributed by atoms with Crippen LogP contribution in [0.15, 0.2) is 29.3 Å². The molecule has 0 amide bonds. The van der Waals surface area contributed by atoms with Gasteiger partial charge in [0, 0.05) is 45.8 Å². The summed E-state index contributed by atoms with van der Waals surface area (Å²) in [6.07, 6.45) is 8.01. The zero-order chi connectivity index (χ0) is 20.8. The molecule has 3 saturated heterocycles. The Morgan fingerprint density at radius 2 is 1.84 bits per heavy atom. The van der Waals surface area contributed by atoms with Gasteiger partial charge in [0.25, 0.3) is 0 Å². The zero-order valence-corrected chi connectivity index (χ0v) is 21.7. The summed E-state index contributed by atoms with van der Waals surface area (Å²) in [5, 5.41) is 3.70. The monoisotopic (exact) mass is 540 g/mol. The van der Waals surface area contributed by atoms with E-state index in [2.05, 4.69) is 51.3 Å². The minimum Gasteiger partial charge on any atom is -0.373 e. The summed E-state index contributed by atoms with van der Waals surface area (Å²) in [6, 6.07) is 8.87. The smallest absolute Gasteiger partial charge is 0.193 e. The second-order valence-electron chi connectivity index (χ2n) is 9.49. The normalized spacial score (nSPS) is 27.7. The molecule has 3 unspecified atom stereocenters. The van der Waals surface area contributed by atoms with Gasteiger partial charge >= 0.3 is 0 Å². The predicted molar refractivity (Wildman–Crippen MR) is 139 cm³/mol. The van der Waals surface area contributed by atoms with Crippen molar-refractivity contribution in [1.82, 2.24) is 15.1 Å². The molecule has 4 rings (SSSR count). The number of nitrogens with one attached hydrogen (secondary N) is 1. The zero-order valence-electron chi connectivity index (χ0n) is 19.4. The summed E-state index contributed by atoms with van der Waals surface area (Å²) in [6.45, 7) is 10.1. The van der Waals surface area contributed by atoms with Crippen LogP contribution in [0.4, 0.5) is 0 Å². The fourth-order valence-corrected chi connectivity index (χ4v) is 5.41. The number of benzene rings is 1. The number of aliphatic imine (C=N–C) groups is 1. The van der Waals surface area contributed by atoms with Crippen LogP contribution in [0.25, 0.3) is 0 Å². The van der Waals surface area contributed by atoms with Crippen molar-refractivity contribution in [1.29, 1.82) is 0 Å². The third-order valence-corrected chi connectivity index (χ3v) is 7.14. The van der Waals surface area contributed by atoms with Crippen molar-refractivity contribution in [2.45, 2.75) is 51.6 Å². The van der Waals surface area contributed by atoms with Gasteiger partial charge in [0.1, 0.15) is 0 Å². The second-order valence-corrected chi connectivity index (χ2v) is 9.49. The van der Waals surface area contributed by atoms with E-state index >= 15 is 0 Å². The molecule has 6 heteroatoms. The molecule has 0 saturated carbocycles. The lowest BCUT2D eigenvalue weighted by Crippen LogP contribution is -2.44. The van der Waals surface area contributed by atoms with E-state index in [-0.39, 0.29) is 30.1 Å². The van der Waals surface area contributed by atoms with Crippen molar-refractivity contribution in [2.24, 2.45) is 16.8 Å². The Balaban J connectivity index is 0.00000272. The molecule has 174 valence electrons. The van der Waals surface area contributed by atoms with E-state index in [9.17, 15) is 0 Å². The molecular formula is C25H41IN4O. The van der Waals surface area contributed by atoms with Crippen molar-refractivity contribution < 1.29 is 4.74 Å². The number of guanidine groups is 1. The van der Waals surface area contributed by atoms with Crippen LogP contribution < -0.4 is 5.32 Å². The Morgan fingerprint density at radius 3 is 2.58 bits per heavy atom. The summed E-state index contributed by atoms with van der Waals surface area (Å²) in [7, 11) is 1.93. The average molecular weight is 541 g/mol. The number of hydrogen-bond acceptors (Lipinski definition) is 3. The van der Waals surface area contributed by atoms with Crippen molar-refractivity contribution in [3.63, 3.8) is 0 Å². The topological polar surface area (TPSA) is 40.1 Å². The summed E-state index contributed by atoms with van der Waals surface area (Å²) < 4.78 is 6.21. The van der Waals surface area contributed by atoms with Gasteiger partial charge in [-0.15, -0.1) is 24.0 Å².